The van der Waals surface area contributed by atoms with Gasteiger partial charge in [0.05, 0.1) is 0 Å². The summed E-state index contributed by atoms with van der Waals surface area (Å²) < 4.78 is 0. The molecule has 0 amide bonds. The van der Waals surface area contributed by atoms with E-state index in [9.17, 15) is 4.79 Å². The van der Waals surface area contributed by atoms with Gasteiger partial charge in [-0.05, 0) is 36.3 Å². The molecule has 84 valence electrons. The van der Waals surface area contributed by atoms with Gasteiger partial charge in [0.15, 0.2) is 5.78 Å². The first-order chi connectivity index (χ1) is 7.75. The molecule has 0 bridgehead atoms. The number of hydrogen-bond donors (Lipinski definition) is 0. The summed E-state index contributed by atoms with van der Waals surface area (Å²) in [5.41, 5.74) is 2.16. The molecule has 1 unspecified atom stereocenters. The maximum Gasteiger partial charge on any atom is 0.162 e. The summed E-state index contributed by atoms with van der Waals surface area (Å²) >= 11 is 0. The lowest BCUT2D eigenvalue weighted by atomic mass is 9.88. The predicted octanol–water partition coefficient (Wildman–Crippen LogP) is 3.54. The number of carbonyl (C=O) groups is 1. The molecule has 1 aliphatic rings. The summed E-state index contributed by atoms with van der Waals surface area (Å²) in [6.45, 7) is 2.24. The van der Waals surface area contributed by atoms with Gasteiger partial charge in [-0.15, -0.1) is 0 Å². The van der Waals surface area contributed by atoms with Gasteiger partial charge in [0.2, 0.25) is 0 Å². The fourth-order valence-corrected chi connectivity index (χ4v) is 2.11. The molecule has 1 aliphatic carbocycles. The lowest BCUT2D eigenvalue weighted by molar-refractivity contribution is -0.115. The quantitative estimate of drug-likeness (QED) is 0.752. The normalized spacial score (nSPS) is 20.3. The summed E-state index contributed by atoms with van der Waals surface area (Å²) in [5, 5.41) is 0. The molecular formula is C15H18O. The molecule has 16 heavy (non-hydrogen) atoms. The Hall–Kier alpha value is -1.37. The minimum absolute atomic E-state index is 0.304. The van der Waals surface area contributed by atoms with Crippen molar-refractivity contribution in [1.29, 1.82) is 0 Å². The second-order valence-corrected chi connectivity index (χ2v) is 4.69. The zero-order valence-corrected chi connectivity index (χ0v) is 9.78. The van der Waals surface area contributed by atoms with Crippen LogP contribution in [-0.2, 0) is 11.2 Å². The third kappa shape index (κ3) is 2.82. The Morgan fingerprint density at radius 1 is 1.31 bits per heavy atom. The van der Waals surface area contributed by atoms with Crippen molar-refractivity contribution < 1.29 is 4.79 Å². The summed E-state index contributed by atoms with van der Waals surface area (Å²) in [7, 11) is 0. The molecule has 2 rings (SSSR count). The highest BCUT2D eigenvalue weighted by atomic mass is 16.1. The van der Waals surface area contributed by atoms with Crippen molar-refractivity contribution in [1.82, 2.24) is 0 Å². The Balaban J connectivity index is 1.99. The van der Waals surface area contributed by atoms with Crippen molar-refractivity contribution in [2.75, 3.05) is 0 Å². The number of allylic oxidation sites excluding steroid dienone is 2. The van der Waals surface area contributed by atoms with Crippen LogP contribution in [0, 0.1) is 5.92 Å². The summed E-state index contributed by atoms with van der Waals surface area (Å²) in [5.74, 6) is 1.05. The van der Waals surface area contributed by atoms with Crippen LogP contribution in [0.15, 0.2) is 42.0 Å². The Morgan fingerprint density at radius 2 is 2.06 bits per heavy atom. The van der Waals surface area contributed by atoms with Gasteiger partial charge in [-0.3, -0.25) is 4.79 Å². The number of hydrogen-bond acceptors (Lipinski definition) is 1. The Morgan fingerprint density at radius 3 is 2.69 bits per heavy atom. The van der Waals surface area contributed by atoms with Gasteiger partial charge in [0, 0.05) is 6.42 Å². The number of rotatable bonds is 3. The second kappa shape index (κ2) is 5.11. The third-order valence-electron chi connectivity index (χ3n) is 3.24. The minimum atomic E-state index is 0.304. The molecule has 1 heteroatoms. The SMILES string of the molecule is CC1CC=C(C(=O)Cc2ccccc2)CC1. The first-order valence-corrected chi connectivity index (χ1v) is 6.02. The molecule has 0 fully saturated rings. The van der Waals surface area contributed by atoms with Crippen LogP contribution in [0.1, 0.15) is 31.7 Å². The maximum atomic E-state index is 12.0. The van der Waals surface area contributed by atoms with Gasteiger partial charge in [-0.25, -0.2) is 0 Å². The second-order valence-electron chi connectivity index (χ2n) is 4.69. The molecule has 1 atom stereocenters. The Kier molecular flexibility index (Phi) is 3.55. The molecule has 0 saturated carbocycles. The lowest BCUT2D eigenvalue weighted by Gasteiger charge is -2.17. The van der Waals surface area contributed by atoms with Crippen molar-refractivity contribution in [3.05, 3.63) is 47.5 Å². The van der Waals surface area contributed by atoms with E-state index < -0.39 is 0 Å². The molecule has 1 aromatic carbocycles. The van der Waals surface area contributed by atoms with E-state index in [0.29, 0.717) is 12.2 Å². The molecule has 1 aromatic rings. The van der Waals surface area contributed by atoms with Crippen LogP contribution in [0.2, 0.25) is 0 Å². The van der Waals surface area contributed by atoms with Gasteiger partial charge in [-0.2, -0.15) is 0 Å². The monoisotopic (exact) mass is 214 g/mol. The molecule has 0 N–H and O–H groups in total. The van der Waals surface area contributed by atoms with E-state index >= 15 is 0 Å². The average Bonchev–Trinajstić information content (AvgIpc) is 2.31. The van der Waals surface area contributed by atoms with Crippen LogP contribution in [-0.4, -0.2) is 5.78 Å². The molecular weight excluding hydrogens is 196 g/mol. The summed E-state index contributed by atoms with van der Waals surface area (Å²) in [6.07, 6.45) is 5.88. The van der Waals surface area contributed by atoms with Crippen molar-refractivity contribution in [2.45, 2.75) is 32.6 Å². The van der Waals surface area contributed by atoms with Crippen LogP contribution in [0.3, 0.4) is 0 Å². The fourth-order valence-electron chi connectivity index (χ4n) is 2.11. The lowest BCUT2D eigenvalue weighted by Crippen LogP contribution is -2.11. The van der Waals surface area contributed by atoms with Crippen LogP contribution in [0.25, 0.3) is 0 Å². The minimum Gasteiger partial charge on any atom is -0.294 e. The van der Waals surface area contributed by atoms with Crippen LogP contribution >= 0.6 is 0 Å². The van der Waals surface area contributed by atoms with Crippen molar-refractivity contribution in [3.63, 3.8) is 0 Å². The van der Waals surface area contributed by atoms with E-state index in [1.165, 1.54) is 0 Å². The molecule has 0 aromatic heterocycles. The van der Waals surface area contributed by atoms with Crippen molar-refractivity contribution >= 4 is 5.78 Å². The number of Topliss-reactive ketones (excluding diaryl/α,β-unsaturated/α-hetero) is 1. The Labute approximate surface area is 97.2 Å². The molecule has 0 heterocycles. The highest BCUT2D eigenvalue weighted by Gasteiger charge is 2.15. The number of carbonyl (C=O) groups excluding carboxylic acids is 1. The van der Waals surface area contributed by atoms with Gasteiger partial charge in [0.25, 0.3) is 0 Å². The van der Waals surface area contributed by atoms with E-state index in [2.05, 4.69) is 13.0 Å². The van der Waals surface area contributed by atoms with Crippen LogP contribution in [0.4, 0.5) is 0 Å². The molecule has 0 spiro atoms. The van der Waals surface area contributed by atoms with Crippen LogP contribution in [0.5, 0.6) is 0 Å². The molecule has 0 aliphatic heterocycles. The standard InChI is InChI=1S/C15H18O/c1-12-7-9-14(10-8-12)15(16)11-13-5-3-2-4-6-13/h2-6,9,12H,7-8,10-11H2,1H3. The zero-order valence-electron chi connectivity index (χ0n) is 9.78. The average molecular weight is 214 g/mol. The van der Waals surface area contributed by atoms with Crippen LogP contribution < -0.4 is 0 Å². The van der Waals surface area contributed by atoms with E-state index in [4.69, 9.17) is 0 Å². The first kappa shape index (κ1) is 11.1. The number of ketones is 1. The first-order valence-electron chi connectivity index (χ1n) is 6.02. The maximum absolute atomic E-state index is 12.0. The molecule has 0 saturated heterocycles. The number of benzene rings is 1. The van der Waals surface area contributed by atoms with E-state index in [1.54, 1.807) is 0 Å². The van der Waals surface area contributed by atoms with Gasteiger partial charge in [0.1, 0.15) is 0 Å². The zero-order chi connectivity index (χ0) is 11.4. The fraction of sp³-hybridized carbons (Fsp3) is 0.400. The van der Waals surface area contributed by atoms with E-state index in [0.717, 1.165) is 36.3 Å². The van der Waals surface area contributed by atoms with Crippen molar-refractivity contribution in [2.24, 2.45) is 5.92 Å². The van der Waals surface area contributed by atoms with Gasteiger partial charge >= 0.3 is 0 Å². The Bertz CT molecular complexity index is 389. The summed E-state index contributed by atoms with van der Waals surface area (Å²) in [4.78, 5) is 12.0. The molecule has 0 radical (unpaired) electrons. The largest absolute Gasteiger partial charge is 0.294 e. The topological polar surface area (TPSA) is 17.1 Å². The van der Waals surface area contributed by atoms with Gasteiger partial charge in [-0.1, -0.05) is 43.3 Å². The van der Waals surface area contributed by atoms with E-state index in [-0.39, 0.29) is 0 Å². The van der Waals surface area contributed by atoms with Crippen molar-refractivity contribution in [3.8, 4) is 0 Å². The van der Waals surface area contributed by atoms with Gasteiger partial charge < -0.3 is 0 Å². The highest BCUT2D eigenvalue weighted by molar-refractivity contribution is 5.96. The summed E-state index contributed by atoms with van der Waals surface area (Å²) in [6, 6.07) is 9.99. The predicted molar refractivity (Wildman–Crippen MR) is 66.3 cm³/mol. The molecule has 1 nitrogen and oxygen atoms in total. The van der Waals surface area contributed by atoms with E-state index in [1.807, 2.05) is 30.3 Å². The smallest absolute Gasteiger partial charge is 0.162 e. The third-order valence-corrected chi connectivity index (χ3v) is 3.24. The highest BCUT2D eigenvalue weighted by Crippen LogP contribution is 2.24.